The number of amides is 1. The average molecular weight is 315 g/mol. The van der Waals surface area contributed by atoms with Crippen LogP contribution in [0.3, 0.4) is 0 Å². The van der Waals surface area contributed by atoms with E-state index < -0.39 is 11.7 Å². The fourth-order valence-corrected chi connectivity index (χ4v) is 2.62. The molecule has 6 heteroatoms. The minimum atomic E-state index is -0.579. The number of hydrogen-bond acceptors (Lipinski definition) is 3. The summed E-state index contributed by atoms with van der Waals surface area (Å²) in [5.74, 6) is -0.991. The van der Waals surface area contributed by atoms with Gasteiger partial charge in [-0.2, -0.15) is 0 Å². The van der Waals surface area contributed by atoms with Gasteiger partial charge in [0, 0.05) is 13.2 Å². The van der Waals surface area contributed by atoms with Crippen LogP contribution in [0.15, 0.2) is 12.3 Å². The van der Waals surface area contributed by atoms with Gasteiger partial charge >= 0.3 is 0 Å². The van der Waals surface area contributed by atoms with E-state index in [1.54, 1.807) is 0 Å². The molecule has 0 unspecified atom stereocenters. The number of nitrogens with zero attached hydrogens (tertiary/aromatic N) is 1. The van der Waals surface area contributed by atoms with Gasteiger partial charge < -0.3 is 10.1 Å². The number of ether oxygens (including phenoxy) is 1. The van der Waals surface area contributed by atoms with Crippen LogP contribution < -0.4 is 5.32 Å². The van der Waals surface area contributed by atoms with Crippen LogP contribution in [0.25, 0.3) is 0 Å². The molecule has 1 N–H and O–H groups in total. The zero-order valence-electron chi connectivity index (χ0n) is 11.9. The van der Waals surface area contributed by atoms with E-state index in [0.29, 0.717) is 19.3 Å². The van der Waals surface area contributed by atoms with Crippen molar-refractivity contribution in [1.29, 1.82) is 0 Å². The molecule has 116 valence electrons. The molecule has 1 amide bonds. The Labute approximate surface area is 129 Å². The van der Waals surface area contributed by atoms with Crippen LogP contribution in [0.2, 0.25) is 5.15 Å². The monoisotopic (exact) mass is 314 g/mol. The Morgan fingerprint density at radius 3 is 2.95 bits per heavy atom. The molecule has 1 aliphatic rings. The lowest BCUT2D eigenvalue weighted by Crippen LogP contribution is -2.26. The van der Waals surface area contributed by atoms with Crippen molar-refractivity contribution in [3.05, 3.63) is 28.8 Å². The van der Waals surface area contributed by atoms with Gasteiger partial charge in [-0.15, -0.1) is 0 Å². The van der Waals surface area contributed by atoms with E-state index in [-0.39, 0.29) is 10.7 Å². The number of aromatic nitrogens is 1. The van der Waals surface area contributed by atoms with Gasteiger partial charge in [0.15, 0.2) is 0 Å². The molecule has 21 heavy (non-hydrogen) atoms. The Kier molecular flexibility index (Phi) is 6.39. The first-order valence-corrected chi connectivity index (χ1v) is 7.75. The number of nitrogens with one attached hydrogen (secondary N) is 1. The van der Waals surface area contributed by atoms with E-state index in [1.807, 2.05) is 0 Å². The maximum atomic E-state index is 13.0. The van der Waals surface area contributed by atoms with Gasteiger partial charge in [0.1, 0.15) is 11.0 Å². The molecular formula is C15H20ClFN2O2. The van der Waals surface area contributed by atoms with E-state index in [9.17, 15) is 9.18 Å². The minimum Gasteiger partial charge on any atom is -0.378 e. The van der Waals surface area contributed by atoms with Crippen LogP contribution in [0, 0.1) is 5.82 Å². The maximum Gasteiger partial charge on any atom is 0.254 e. The second-order valence-electron chi connectivity index (χ2n) is 5.23. The van der Waals surface area contributed by atoms with Gasteiger partial charge in [-0.05, 0) is 25.3 Å². The quantitative estimate of drug-likeness (QED) is 0.647. The summed E-state index contributed by atoms with van der Waals surface area (Å²) in [6, 6.07) is 1.09. The van der Waals surface area contributed by atoms with Crippen LogP contribution in [0.4, 0.5) is 4.39 Å². The van der Waals surface area contributed by atoms with Gasteiger partial charge in [0.25, 0.3) is 5.91 Å². The summed E-state index contributed by atoms with van der Waals surface area (Å²) in [4.78, 5) is 15.4. The molecule has 1 saturated carbocycles. The Morgan fingerprint density at radius 1 is 1.43 bits per heavy atom. The predicted molar refractivity (Wildman–Crippen MR) is 79.0 cm³/mol. The largest absolute Gasteiger partial charge is 0.378 e. The van der Waals surface area contributed by atoms with Crippen LogP contribution in [-0.4, -0.2) is 30.1 Å². The molecule has 2 rings (SSSR count). The molecule has 4 nitrogen and oxygen atoms in total. The number of rotatable bonds is 6. The molecule has 0 atom stereocenters. The van der Waals surface area contributed by atoms with E-state index >= 15 is 0 Å². The lowest BCUT2D eigenvalue weighted by atomic mass is 9.98. The standard InChI is InChI=1S/C15H20ClFN2O2/c16-14-13(9-11(17)10-19-14)15(20)18-7-4-8-21-12-5-2-1-3-6-12/h9-10,12H,1-8H2,(H,18,20). The minimum absolute atomic E-state index is 0.00681. The van der Waals surface area contributed by atoms with Crippen molar-refractivity contribution in [2.45, 2.75) is 44.6 Å². The fourth-order valence-electron chi connectivity index (χ4n) is 2.43. The number of carbonyl (C=O) groups excluding carboxylic acids is 1. The van der Waals surface area contributed by atoms with Crippen LogP contribution >= 0.6 is 11.6 Å². The van der Waals surface area contributed by atoms with Crippen molar-refractivity contribution in [1.82, 2.24) is 10.3 Å². The van der Waals surface area contributed by atoms with Gasteiger partial charge in [0.05, 0.1) is 17.9 Å². The van der Waals surface area contributed by atoms with Crippen molar-refractivity contribution < 1.29 is 13.9 Å². The summed E-state index contributed by atoms with van der Waals surface area (Å²) >= 11 is 5.77. The van der Waals surface area contributed by atoms with Crippen molar-refractivity contribution >= 4 is 17.5 Å². The highest BCUT2D eigenvalue weighted by Gasteiger charge is 2.14. The van der Waals surface area contributed by atoms with Gasteiger partial charge in [-0.1, -0.05) is 30.9 Å². The number of carbonyl (C=O) groups is 1. The smallest absolute Gasteiger partial charge is 0.254 e. The number of pyridine rings is 1. The Morgan fingerprint density at radius 2 is 2.19 bits per heavy atom. The molecule has 0 saturated heterocycles. The molecule has 1 fully saturated rings. The van der Waals surface area contributed by atoms with Crippen LogP contribution in [-0.2, 0) is 4.74 Å². The molecule has 0 spiro atoms. The summed E-state index contributed by atoms with van der Waals surface area (Å²) in [6.45, 7) is 1.10. The van der Waals surface area contributed by atoms with Crippen LogP contribution in [0.1, 0.15) is 48.9 Å². The van der Waals surface area contributed by atoms with Crippen molar-refractivity contribution in [3.63, 3.8) is 0 Å². The third-order valence-corrected chi connectivity index (χ3v) is 3.86. The van der Waals surface area contributed by atoms with E-state index in [0.717, 1.165) is 31.5 Å². The fraction of sp³-hybridized carbons (Fsp3) is 0.600. The van der Waals surface area contributed by atoms with E-state index in [4.69, 9.17) is 16.3 Å². The highest BCUT2D eigenvalue weighted by atomic mass is 35.5. The Bertz CT molecular complexity index is 479. The normalized spacial score (nSPS) is 15.9. The zero-order valence-corrected chi connectivity index (χ0v) is 12.7. The first kappa shape index (κ1) is 16.2. The number of halogens is 2. The Hall–Kier alpha value is -1.20. The van der Waals surface area contributed by atoms with Crippen molar-refractivity contribution in [3.8, 4) is 0 Å². The molecule has 0 aromatic carbocycles. The highest BCUT2D eigenvalue weighted by Crippen LogP contribution is 2.20. The van der Waals surface area contributed by atoms with Crippen molar-refractivity contribution in [2.75, 3.05) is 13.2 Å². The topological polar surface area (TPSA) is 51.2 Å². The summed E-state index contributed by atoms with van der Waals surface area (Å²) in [6.07, 6.45) is 8.14. The van der Waals surface area contributed by atoms with E-state index in [2.05, 4.69) is 10.3 Å². The van der Waals surface area contributed by atoms with Gasteiger partial charge in [-0.25, -0.2) is 9.37 Å². The molecule has 1 aliphatic carbocycles. The number of hydrogen-bond donors (Lipinski definition) is 1. The predicted octanol–water partition coefficient (Wildman–Crippen LogP) is 3.34. The summed E-state index contributed by atoms with van der Waals surface area (Å²) < 4.78 is 18.8. The van der Waals surface area contributed by atoms with E-state index in [1.165, 1.54) is 19.3 Å². The second kappa shape index (κ2) is 8.29. The van der Waals surface area contributed by atoms with Crippen LogP contribution in [0.5, 0.6) is 0 Å². The Balaban J connectivity index is 1.66. The SMILES string of the molecule is O=C(NCCCOC1CCCCC1)c1cc(F)cnc1Cl. The maximum absolute atomic E-state index is 13.0. The molecule has 0 aliphatic heterocycles. The average Bonchev–Trinajstić information content (AvgIpc) is 2.50. The first-order chi connectivity index (χ1) is 10.2. The van der Waals surface area contributed by atoms with Gasteiger partial charge in [0.2, 0.25) is 0 Å². The lowest BCUT2D eigenvalue weighted by Gasteiger charge is -2.21. The van der Waals surface area contributed by atoms with Crippen molar-refractivity contribution in [2.24, 2.45) is 0 Å². The molecule has 1 heterocycles. The molecule has 0 bridgehead atoms. The third kappa shape index (κ3) is 5.25. The zero-order chi connectivity index (χ0) is 15.1. The molecule has 1 aromatic heterocycles. The summed E-state index contributed by atoms with van der Waals surface area (Å²) in [5, 5.41) is 2.70. The second-order valence-corrected chi connectivity index (χ2v) is 5.59. The third-order valence-electron chi connectivity index (χ3n) is 3.56. The molecular weight excluding hydrogens is 295 g/mol. The van der Waals surface area contributed by atoms with Gasteiger partial charge in [-0.3, -0.25) is 4.79 Å². The molecule has 0 radical (unpaired) electrons. The lowest BCUT2D eigenvalue weighted by molar-refractivity contribution is 0.0273. The molecule has 1 aromatic rings. The highest BCUT2D eigenvalue weighted by molar-refractivity contribution is 6.32. The first-order valence-electron chi connectivity index (χ1n) is 7.37. The summed E-state index contributed by atoms with van der Waals surface area (Å²) in [7, 11) is 0. The summed E-state index contributed by atoms with van der Waals surface area (Å²) in [5.41, 5.74) is 0.0601.